The molecule has 2 saturated heterocycles. The van der Waals surface area contributed by atoms with Gasteiger partial charge in [-0.05, 0) is 76.8 Å². The largest absolute Gasteiger partial charge is 0.478 e. The smallest absolute Gasteiger partial charge is 0.410 e. The summed E-state index contributed by atoms with van der Waals surface area (Å²) in [6.45, 7) is 10.4. The first-order valence-electron chi connectivity index (χ1n) is 12.2. The van der Waals surface area contributed by atoms with Gasteiger partial charge in [0.25, 0.3) is 5.91 Å². The molecule has 1 aromatic carbocycles. The van der Waals surface area contributed by atoms with E-state index in [0.717, 1.165) is 12.1 Å². The number of nitrogens with one attached hydrogen (secondary N) is 1. The van der Waals surface area contributed by atoms with Gasteiger partial charge in [0, 0.05) is 19.3 Å². The van der Waals surface area contributed by atoms with E-state index in [9.17, 15) is 19.5 Å². The summed E-state index contributed by atoms with van der Waals surface area (Å²) in [5, 5.41) is 11.3. The van der Waals surface area contributed by atoms with E-state index in [-0.39, 0.29) is 23.1 Å². The summed E-state index contributed by atoms with van der Waals surface area (Å²) in [5.41, 5.74) is 4.60. The number of aryl methyl sites for hydroxylation is 1. The van der Waals surface area contributed by atoms with Crippen LogP contribution in [0.2, 0.25) is 0 Å². The lowest BCUT2D eigenvalue weighted by molar-refractivity contribution is -0.119. The van der Waals surface area contributed by atoms with Gasteiger partial charge in [0.2, 0.25) is 0 Å². The molecule has 0 bridgehead atoms. The number of piperidine rings is 1. The van der Waals surface area contributed by atoms with Crippen molar-refractivity contribution < 1.29 is 24.2 Å². The number of dihydropyridines is 1. The van der Waals surface area contributed by atoms with E-state index < -0.39 is 17.5 Å². The number of rotatable bonds is 4. The fourth-order valence-electron chi connectivity index (χ4n) is 4.93. The highest BCUT2D eigenvalue weighted by Gasteiger charge is 2.50. The molecule has 192 valence electrons. The van der Waals surface area contributed by atoms with Crippen LogP contribution in [0.15, 0.2) is 40.0 Å². The molecule has 2 amide bonds. The number of aliphatic imine (C=N–C) groups is 2. The first-order valence-corrected chi connectivity index (χ1v) is 12.2. The summed E-state index contributed by atoms with van der Waals surface area (Å²) in [4.78, 5) is 47.2. The van der Waals surface area contributed by atoms with Crippen LogP contribution in [0.25, 0.3) is 0 Å². The number of ether oxygens (including phenoxy) is 1. The maximum Gasteiger partial charge on any atom is 0.410 e. The van der Waals surface area contributed by atoms with Gasteiger partial charge in [-0.15, -0.1) is 0 Å². The van der Waals surface area contributed by atoms with Crippen molar-refractivity contribution >= 4 is 35.7 Å². The molecule has 0 saturated carbocycles. The molecule has 10 heteroatoms. The van der Waals surface area contributed by atoms with E-state index in [1.54, 1.807) is 24.0 Å². The number of likely N-dealkylation sites (tertiary alicyclic amines) is 1. The SMILES string of the molecule is CCC1(N2NC(=Nc3ccc(C(=O)O)c(C)c3)C3C(=O)N=CC=C32)CCN(C(=O)OC(C)(C)C)CC1. The monoisotopic (exact) mass is 495 g/mol. The van der Waals surface area contributed by atoms with Crippen molar-refractivity contribution in [2.75, 3.05) is 13.1 Å². The Kier molecular flexibility index (Phi) is 6.64. The number of hydrogen-bond acceptors (Lipinski definition) is 6. The molecule has 36 heavy (non-hydrogen) atoms. The Morgan fingerprint density at radius 1 is 1.28 bits per heavy atom. The van der Waals surface area contributed by atoms with Crippen LogP contribution < -0.4 is 5.43 Å². The van der Waals surface area contributed by atoms with Crippen molar-refractivity contribution in [3.8, 4) is 0 Å². The van der Waals surface area contributed by atoms with E-state index in [1.807, 2.05) is 31.9 Å². The van der Waals surface area contributed by atoms with Crippen molar-refractivity contribution in [2.24, 2.45) is 15.9 Å². The predicted octanol–water partition coefficient (Wildman–Crippen LogP) is 3.83. The highest BCUT2D eigenvalue weighted by molar-refractivity contribution is 6.12. The van der Waals surface area contributed by atoms with Gasteiger partial charge in [0.05, 0.1) is 22.5 Å². The highest BCUT2D eigenvalue weighted by atomic mass is 16.6. The number of hydrogen-bond donors (Lipinski definition) is 2. The van der Waals surface area contributed by atoms with Gasteiger partial charge in [0.1, 0.15) is 17.4 Å². The molecule has 4 rings (SSSR count). The Morgan fingerprint density at radius 3 is 2.56 bits per heavy atom. The number of benzene rings is 1. The number of amidine groups is 1. The summed E-state index contributed by atoms with van der Waals surface area (Å²) in [6.07, 6.45) is 5.18. The number of carboxylic acid groups (broad SMARTS) is 1. The Labute approximate surface area is 210 Å². The number of carbonyl (C=O) groups is 3. The molecule has 1 aromatic rings. The maximum atomic E-state index is 12.8. The van der Waals surface area contributed by atoms with Crippen LogP contribution >= 0.6 is 0 Å². The normalized spacial score (nSPS) is 22.2. The third-order valence-electron chi connectivity index (χ3n) is 6.92. The van der Waals surface area contributed by atoms with E-state index in [1.165, 1.54) is 12.3 Å². The number of nitrogens with zero attached hydrogens (tertiary/aromatic N) is 4. The molecule has 10 nitrogen and oxygen atoms in total. The van der Waals surface area contributed by atoms with Gasteiger partial charge in [-0.25, -0.2) is 19.6 Å². The second kappa shape index (κ2) is 9.40. The molecule has 0 aromatic heterocycles. The number of hydrazine groups is 1. The van der Waals surface area contributed by atoms with Gasteiger partial charge < -0.3 is 14.7 Å². The van der Waals surface area contributed by atoms with E-state index in [0.29, 0.717) is 43.0 Å². The molecule has 0 radical (unpaired) electrons. The molecule has 1 unspecified atom stereocenters. The highest BCUT2D eigenvalue weighted by Crippen LogP contribution is 2.40. The number of carboxylic acids is 1. The van der Waals surface area contributed by atoms with Gasteiger partial charge in [-0.3, -0.25) is 15.2 Å². The Balaban J connectivity index is 1.61. The summed E-state index contributed by atoms with van der Waals surface area (Å²) in [6, 6.07) is 4.83. The van der Waals surface area contributed by atoms with E-state index in [2.05, 4.69) is 17.3 Å². The zero-order chi connectivity index (χ0) is 26.3. The molecule has 0 aliphatic carbocycles. The van der Waals surface area contributed by atoms with Crippen LogP contribution in [-0.2, 0) is 9.53 Å². The summed E-state index contributed by atoms with van der Waals surface area (Å²) in [5.74, 6) is -1.52. The minimum Gasteiger partial charge on any atom is -0.478 e. The van der Waals surface area contributed by atoms with Gasteiger partial charge in [-0.1, -0.05) is 6.92 Å². The van der Waals surface area contributed by atoms with Gasteiger partial charge >= 0.3 is 12.1 Å². The van der Waals surface area contributed by atoms with Crippen molar-refractivity contribution in [1.82, 2.24) is 15.3 Å². The number of fused-ring (bicyclic) bond motifs is 1. The fraction of sp³-hybridized carbons (Fsp3) is 0.500. The number of aromatic carboxylic acids is 1. The molecular formula is C26H33N5O5. The van der Waals surface area contributed by atoms with Crippen LogP contribution in [0.1, 0.15) is 62.9 Å². The molecule has 3 heterocycles. The number of carbonyl (C=O) groups excluding carboxylic acids is 2. The van der Waals surface area contributed by atoms with Crippen LogP contribution in [0.3, 0.4) is 0 Å². The molecule has 3 aliphatic rings. The first-order chi connectivity index (χ1) is 16.9. The molecule has 2 fully saturated rings. The quantitative estimate of drug-likeness (QED) is 0.650. The van der Waals surface area contributed by atoms with Crippen molar-refractivity contribution in [2.45, 2.75) is 65.0 Å². The Morgan fingerprint density at radius 2 is 1.97 bits per heavy atom. The average molecular weight is 496 g/mol. The average Bonchev–Trinajstić information content (AvgIpc) is 3.18. The molecule has 2 N–H and O–H groups in total. The summed E-state index contributed by atoms with van der Waals surface area (Å²) < 4.78 is 5.55. The van der Waals surface area contributed by atoms with Crippen molar-refractivity contribution in [3.63, 3.8) is 0 Å². The second-order valence-corrected chi connectivity index (χ2v) is 10.4. The first kappa shape index (κ1) is 25.4. The van der Waals surface area contributed by atoms with Crippen LogP contribution in [0.5, 0.6) is 0 Å². The summed E-state index contributed by atoms with van der Waals surface area (Å²) >= 11 is 0. The predicted molar refractivity (Wildman–Crippen MR) is 135 cm³/mol. The molecule has 0 spiro atoms. The lowest BCUT2D eigenvalue weighted by Crippen LogP contribution is -2.58. The van der Waals surface area contributed by atoms with Crippen molar-refractivity contribution in [3.05, 3.63) is 41.1 Å². The minimum atomic E-state index is -0.999. The standard InChI is InChI=1S/C26H33N5O5/c1-6-26(10-13-30(14-11-26)24(35)36-25(3,4)5)31-19-9-12-27-22(32)20(19)21(29-31)28-17-7-8-18(23(33)34)16(2)15-17/h7-9,12,15,20H,6,10-11,13-14H2,1-5H3,(H,28,29)(H,33,34). The number of amides is 2. The van der Waals surface area contributed by atoms with E-state index in [4.69, 9.17) is 9.73 Å². The van der Waals surface area contributed by atoms with E-state index >= 15 is 0 Å². The topological polar surface area (TPSA) is 124 Å². The third-order valence-corrected chi connectivity index (χ3v) is 6.92. The zero-order valence-corrected chi connectivity index (χ0v) is 21.4. The van der Waals surface area contributed by atoms with Gasteiger partial charge in [0.15, 0.2) is 0 Å². The molecule has 3 aliphatic heterocycles. The molecule has 1 atom stereocenters. The fourth-order valence-corrected chi connectivity index (χ4v) is 4.93. The third kappa shape index (κ3) is 4.84. The summed E-state index contributed by atoms with van der Waals surface area (Å²) in [7, 11) is 0. The lowest BCUT2D eigenvalue weighted by atomic mass is 9.83. The second-order valence-electron chi connectivity index (χ2n) is 10.4. The number of allylic oxidation sites excluding steroid dienone is 1. The molecular weight excluding hydrogens is 462 g/mol. The lowest BCUT2D eigenvalue weighted by Gasteiger charge is -2.48. The van der Waals surface area contributed by atoms with Gasteiger partial charge in [-0.2, -0.15) is 0 Å². The maximum absolute atomic E-state index is 12.8. The van der Waals surface area contributed by atoms with Crippen LogP contribution in [0, 0.1) is 12.8 Å². The van der Waals surface area contributed by atoms with Crippen LogP contribution in [-0.4, -0.2) is 69.3 Å². The Hall–Kier alpha value is -3.69. The zero-order valence-electron chi connectivity index (χ0n) is 21.4. The minimum absolute atomic E-state index is 0.209. The Bertz CT molecular complexity index is 1170. The van der Waals surface area contributed by atoms with Crippen molar-refractivity contribution in [1.29, 1.82) is 0 Å². The van der Waals surface area contributed by atoms with Crippen LogP contribution in [0.4, 0.5) is 10.5 Å².